The van der Waals surface area contributed by atoms with Crippen LogP contribution < -0.4 is 10.2 Å². The van der Waals surface area contributed by atoms with Crippen LogP contribution in [0, 0.1) is 11.8 Å². The Hall–Kier alpha value is -2.27. The van der Waals surface area contributed by atoms with Gasteiger partial charge in [-0.15, -0.1) is 6.58 Å². The Labute approximate surface area is 198 Å². The third kappa shape index (κ3) is 3.51. The van der Waals surface area contributed by atoms with E-state index in [1.165, 1.54) is 16.5 Å². The van der Waals surface area contributed by atoms with Crippen LogP contribution in [0.4, 0.5) is 5.69 Å². The van der Waals surface area contributed by atoms with E-state index in [0.29, 0.717) is 12.3 Å². The van der Waals surface area contributed by atoms with Crippen molar-refractivity contribution in [3.63, 3.8) is 0 Å². The third-order valence-corrected chi connectivity index (χ3v) is 8.82. The van der Waals surface area contributed by atoms with E-state index in [1.807, 2.05) is 7.05 Å². The number of hydrogen-bond acceptors (Lipinski definition) is 3. The fraction of sp³-hybridized carbons (Fsp3) is 0.607. The molecule has 4 rings (SSSR count). The number of aliphatic hydroxyl groups excluding tert-OH is 1. The Morgan fingerprint density at radius 2 is 1.97 bits per heavy atom. The van der Waals surface area contributed by atoms with Gasteiger partial charge < -0.3 is 20.3 Å². The lowest BCUT2D eigenvalue weighted by molar-refractivity contribution is -0.124. The predicted octanol–water partition coefficient (Wildman–Crippen LogP) is 4.81. The summed E-state index contributed by atoms with van der Waals surface area (Å²) in [7, 11) is 2.05. The van der Waals surface area contributed by atoms with Gasteiger partial charge in [0.2, 0.25) is 5.91 Å². The number of rotatable bonds is 4. The van der Waals surface area contributed by atoms with Gasteiger partial charge in [0.05, 0.1) is 18.2 Å². The number of benzene rings is 1. The van der Waals surface area contributed by atoms with Gasteiger partial charge in [-0.25, -0.2) is 0 Å². The van der Waals surface area contributed by atoms with E-state index in [1.54, 1.807) is 0 Å². The van der Waals surface area contributed by atoms with Crippen LogP contribution in [-0.4, -0.2) is 41.7 Å². The number of likely N-dealkylation sites (N-methyl/N-ethyl adjacent to an activating group) is 1. The van der Waals surface area contributed by atoms with E-state index in [-0.39, 0.29) is 41.3 Å². The highest BCUT2D eigenvalue weighted by Gasteiger charge is 2.45. The number of anilines is 1. The molecular formula is C28H41N3O2. The first-order chi connectivity index (χ1) is 15.5. The van der Waals surface area contributed by atoms with Crippen molar-refractivity contribution in [2.75, 3.05) is 18.6 Å². The van der Waals surface area contributed by atoms with Crippen LogP contribution in [0.5, 0.6) is 0 Å². The molecule has 3 N–H and O–H groups in total. The number of amides is 1. The van der Waals surface area contributed by atoms with Crippen LogP contribution in [-0.2, 0) is 22.0 Å². The number of aromatic amines is 1. The fourth-order valence-electron chi connectivity index (χ4n) is 6.22. The lowest BCUT2D eigenvalue weighted by atomic mass is 9.57. The van der Waals surface area contributed by atoms with Crippen molar-refractivity contribution in [2.45, 2.75) is 83.7 Å². The molecule has 2 aliphatic rings. The molecule has 1 aliphatic heterocycles. The zero-order valence-electron chi connectivity index (χ0n) is 21.4. The van der Waals surface area contributed by atoms with Crippen molar-refractivity contribution in [3.05, 3.63) is 41.6 Å². The van der Waals surface area contributed by atoms with Gasteiger partial charge in [-0.3, -0.25) is 4.79 Å². The van der Waals surface area contributed by atoms with Gasteiger partial charge in [0.15, 0.2) is 0 Å². The standard InChI is InChI=1S/C28H41N3O2/c1-9-27(6)10-11-28(7,17(4)5)20-13-21-22-18(14-29-24(22)23(20)27)12-19(15-32)30-26(33)25(16(2)3)31(21)8/h9,13-14,16-17,19,25,29,32H,1,10-12,15H2,2-8H3,(H,30,33)/t19-,25-,27-,28+/m0/s1. The average Bonchev–Trinajstić information content (AvgIpc) is 3.18. The molecule has 0 radical (unpaired) electrons. The number of aromatic nitrogens is 1. The second kappa shape index (κ2) is 8.19. The number of fused-ring (bicyclic) bond motifs is 2. The van der Waals surface area contributed by atoms with Gasteiger partial charge in [0, 0.05) is 29.7 Å². The van der Waals surface area contributed by atoms with Crippen molar-refractivity contribution in [3.8, 4) is 0 Å². The number of carbonyl (C=O) groups is 1. The Morgan fingerprint density at radius 1 is 1.27 bits per heavy atom. The van der Waals surface area contributed by atoms with Gasteiger partial charge in [-0.1, -0.05) is 47.6 Å². The topological polar surface area (TPSA) is 68.4 Å². The second-order valence-electron chi connectivity index (χ2n) is 11.5. The van der Waals surface area contributed by atoms with Crippen molar-refractivity contribution in [2.24, 2.45) is 11.8 Å². The normalized spacial score (nSPS) is 30.1. The maximum atomic E-state index is 13.3. The van der Waals surface area contributed by atoms with E-state index >= 15 is 0 Å². The molecule has 2 aromatic rings. The van der Waals surface area contributed by atoms with E-state index in [4.69, 9.17) is 0 Å². The summed E-state index contributed by atoms with van der Waals surface area (Å²) >= 11 is 0. The van der Waals surface area contributed by atoms with E-state index < -0.39 is 0 Å². The Balaban J connectivity index is 2.11. The van der Waals surface area contributed by atoms with Crippen molar-refractivity contribution < 1.29 is 9.90 Å². The van der Waals surface area contributed by atoms with Crippen molar-refractivity contribution >= 4 is 22.5 Å². The lowest BCUT2D eigenvalue weighted by Crippen LogP contribution is -2.52. The number of carbonyl (C=O) groups excluding carboxylic acids is 1. The molecule has 1 aromatic carbocycles. The lowest BCUT2D eigenvalue weighted by Gasteiger charge is -2.47. The summed E-state index contributed by atoms with van der Waals surface area (Å²) in [5.41, 5.74) is 6.04. The summed E-state index contributed by atoms with van der Waals surface area (Å²) < 4.78 is 0. The molecule has 0 saturated heterocycles. The molecule has 1 aliphatic carbocycles. The molecule has 0 fully saturated rings. The highest BCUT2D eigenvalue weighted by Crippen LogP contribution is 2.54. The average molecular weight is 452 g/mol. The van der Waals surface area contributed by atoms with Crippen molar-refractivity contribution in [1.82, 2.24) is 10.3 Å². The van der Waals surface area contributed by atoms with Gasteiger partial charge in [0.1, 0.15) is 6.04 Å². The molecule has 1 amide bonds. The van der Waals surface area contributed by atoms with Gasteiger partial charge in [-0.05, 0) is 59.3 Å². The summed E-state index contributed by atoms with van der Waals surface area (Å²) in [6, 6.07) is 1.75. The monoisotopic (exact) mass is 451 g/mol. The molecule has 33 heavy (non-hydrogen) atoms. The molecule has 5 heteroatoms. The minimum atomic E-state index is -0.319. The number of aliphatic hydroxyl groups is 1. The van der Waals surface area contributed by atoms with Gasteiger partial charge in [0.25, 0.3) is 0 Å². The summed E-state index contributed by atoms with van der Waals surface area (Å²) in [6.45, 7) is 17.7. The quantitative estimate of drug-likeness (QED) is 0.584. The number of H-pyrrole nitrogens is 1. The number of nitrogens with one attached hydrogen (secondary N) is 2. The summed E-state index contributed by atoms with van der Waals surface area (Å²) in [5.74, 6) is 0.583. The Kier molecular flexibility index (Phi) is 5.93. The number of nitrogens with zero attached hydrogens (tertiary/aromatic N) is 1. The maximum absolute atomic E-state index is 13.3. The van der Waals surface area contributed by atoms with Crippen LogP contribution in [0.15, 0.2) is 24.9 Å². The van der Waals surface area contributed by atoms with E-state index in [0.717, 1.165) is 29.6 Å². The first-order valence-corrected chi connectivity index (χ1v) is 12.4. The number of allylic oxidation sites excluding steroid dienone is 1. The van der Waals surface area contributed by atoms with Crippen LogP contribution >= 0.6 is 0 Å². The van der Waals surface area contributed by atoms with Gasteiger partial charge in [-0.2, -0.15) is 0 Å². The molecule has 1 aromatic heterocycles. The van der Waals surface area contributed by atoms with Crippen LogP contribution in [0.25, 0.3) is 10.9 Å². The van der Waals surface area contributed by atoms with Gasteiger partial charge >= 0.3 is 0 Å². The first kappa shape index (κ1) is 23.9. The zero-order chi connectivity index (χ0) is 24.3. The summed E-state index contributed by atoms with van der Waals surface area (Å²) in [4.78, 5) is 19.1. The smallest absolute Gasteiger partial charge is 0.243 e. The molecule has 2 heterocycles. The summed E-state index contributed by atoms with van der Waals surface area (Å²) in [6.07, 6.45) is 6.95. The highest BCUT2D eigenvalue weighted by atomic mass is 16.3. The van der Waals surface area contributed by atoms with E-state index in [9.17, 15) is 9.90 Å². The second-order valence-corrected chi connectivity index (χ2v) is 11.5. The highest BCUT2D eigenvalue weighted by molar-refractivity contribution is 6.01. The fourth-order valence-corrected chi connectivity index (χ4v) is 6.22. The van der Waals surface area contributed by atoms with Crippen LogP contribution in [0.1, 0.15) is 71.1 Å². The maximum Gasteiger partial charge on any atom is 0.243 e. The molecule has 180 valence electrons. The molecule has 0 bridgehead atoms. The summed E-state index contributed by atoms with van der Waals surface area (Å²) in [5, 5.41) is 14.3. The van der Waals surface area contributed by atoms with Crippen molar-refractivity contribution in [1.29, 1.82) is 0 Å². The Morgan fingerprint density at radius 3 is 2.55 bits per heavy atom. The minimum Gasteiger partial charge on any atom is -0.394 e. The molecular weight excluding hydrogens is 410 g/mol. The molecule has 0 unspecified atom stereocenters. The SMILES string of the molecule is C=C[C@@]1(C)CC[C@](C)(C(C)C)c2cc3c4c(c[nH]c4c21)C[C@@H](CO)NC(=O)[C@H](C(C)C)N3C. The molecule has 0 spiro atoms. The van der Waals surface area contributed by atoms with E-state index in [2.05, 4.69) is 81.7 Å². The Bertz CT molecular complexity index is 1080. The molecule has 4 atom stereocenters. The first-order valence-electron chi connectivity index (χ1n) is 12.4. The molecule has 5 nitrogen and oxygen atoms in total. The third-order valence-electron chi connectivity index (χ3n) is 8.82. The minimum absolute atomic E-state index is 0.0193. The molecule has 0 saturated carbocycles. The van der Waals surface area contributed by atoms with Crippen LogP contribution in [0.3, 0.4) is 0 Å². The predicted molar refractivity (Wildman–Crippen MR) is 137 cm³/mol. The number of hydrogen-bond donors (Lipinski definition) is 3. The largest absolute Gasteiger partial charge is 0.394 e. The van der Waals surface area contributed by atoms with Crippen LogP contribution in [0.2, 0.25) is 0 Å². The zero-order valence-corrected chi connectivity index (χ0v) is 21.4.